The summed E-state index contributed by atoms with van der Waals surface area (Å²) in [5.74, 6) is 1.04. The summed E-state index contributed by atoms with van der Waals surface area (Å²) in [6.45, 7) is 1.85. The van der Waals surface area contributed by atoms with Gasteiger partial charge in [0.1, 0.15) is 17.4 Å². The second-order valence-corrected chi connectivity index (χ2v) is 7.54. The average Bonchev–Trinajstić information content (AvgIpc) is 3.16. The van der Waals surface area contributed by atoms with Crippen LogP contribution in [0.1, 0.15) is 35.1 Å². The topological polar surface area (TPSA) is 90.1 Å². The lowest BCUT2D eigenvalue weighted by Crippen LogP contribution is -2.39. The van der Waals surface area contributed by atoms with E-state index in [0.717, 1.165) is 5.56 Å². The Morgan fingerprint density at radius 3 is 2.52 bits per heavy atom. The van der Waals surface area contributed by atoms with E-state index in [1.807, 2.05) is 6.92 Å². The molecule has 3 N–H and O–H groups in total. The van der Waals surface area contributed by atoms with Gasteiger partial charge in [-0.15, -0.1) is 0 Å². The zero-order valence-electron chi connectivity index (χ0n) is 16.3. The number of Topliss-reactive ketones (excluding diaryl/α,β-unsaturated/α-hetero) is 1. The third kappa shape index (κ3) is 5.82. The highest BCUT2D eigenvalue weighted by Gasteiger charge is 2.20. The number of rotatable bonds is 9. The first kappa shape index (κ1) is 20.9. The molecule has 0 bridgehead atoms. The van der Waals surface area contributed by atoms with Crippen molar-refractivity contribution in [2.45, 2.75) is 31.8 Å². The molecular formula is C21H23FN4O2S. The van der Waals surface area contributed by atoms with E-state index in [-0.39, 0.29) is 30.1 Å². The lowest BCUT2D eigenvalue weighted by molar-refractivity contribution is 0.0974. The maximum atomic E-state index is 13.0. The van der Waals surface area contributed by atoms with Crippen LogP contribution in [0.4, 0.5) is 9.52 Å². The fourth-order valence-corrected chi connectivity index (χ4v) is 3.44. The maximum Gasteiger partial charge on any atom is 0.202 e. The molecule has 6 nitrogen and oxygen atoms in total. The number of benzene rings is 2. The minimum absolute atomic E-state index is 0.0153. The molecule has 2 aromatic carbocycles. The van der Waals surface area contributed by atoms with E-state index in [9.17, 15) is 9.18 Å². The molecule has 1 heterocycles. The molecular weight excluding hydrogens is 391 g/mol. The lowest BCUT2D eigenvalue weighted by atomic mass is 10.00. The van der Waals surface area contributed by atoms with Crippen LogP contribution in [-0.2, 0) is 6.42 Å². The molecule has 152 valence electrons. The molecule has 0 spiro atoms. The number of nitrogens with two attached hydrogens (primary N) is 1. The van der Waals surface area contributed by atoms with E-state index in [4.69, 9.17) is 10.5 Å². The van der Waals surface area contributed by atoms with Crippen LogP contribution in [0.5, 0.6) is 5.75 Å². The summed E-state index contributed by atoms with van der Waals surface area (Å²) in [5.41, 5.74) is 7.62. The monoisotopic (exact) mass is 414 g/mol. The van der Waals surface area contributed by atoms with Crippen molar-refractivity contribution in [2.75, 3.05) is 12.4 Å². The van der Waals surface area contributed by atoms with Crippen molar-refractivity contribution < 1.29 is 13.9 Å². The number of nitrogens with zero attached hydrogens (tertiary/aromatic N) is 2. The zero-order chi connectivity index (χ0) is 20.8. The third-order valence-electron chi connectivity index (χ3n) is 4.50. The van der Waals surface area contributed by atoms with Gasteiger partial charge in [-0.25, -0.2) is 9.37 Å². The largest absolute Gasteiger partial charge is 0.497 e. The predicted molar refractivity (Wildman–Crippen MR) is 112 cm³/mol. The van der Waals surface area contributed by atoms with E-state index < -0.39 is 0 Å². The Labute approximate surface area is 173 Å². The molecule has 0 saturated carbocycles. The van der Waals surface area contributed by atoms with Crippen molar-refractivity contribution in [3.63, 3.8) is 0 Å². The molecule has 29 heavy (non-hydrogen) atoms. The number of nitrogens with one attached hydrogen (secondary N) is 1. The van der Waals surface area contributed by atoms with Crippen LogP contribution in [0, 0.1) is 5.82 Å². The van der Waals surface area contributed by atoms with Gasteiger partial charge >= 0.3 is 0 Å². The van der Waals surface area contributed by atoms with Crippen LogP contribution in [-0.4, -0.2) is 34.3 Å². The summed E-state index contributed by atoms with van der Waals surface area (Å²) in [5, 5.41) is 3.83. The minimum atomic E-state index is -0.281. The Hall–Kier alpha value is -2.84. The van der Waals surface area contributed by atoms with Crippen molar-refractivity contribution in [2.24, 2.45) is 5.73 Å². The van der Waals surface area contributed by atoms with Crippen molar-refractivity contribution in [3.05, 3.63) is 71.3 Å². The summed E-state index contributed by atoms with van der Waals surface area (Å²) in [6.07, 6.45) is 0.739. The number of hydrogen-bond acceptors (Lipinski definition) is 7. The molecule has 0 amide bonds. The Kier molecular flexibility index (Phi) is 6.90. The Morgan fingerprint density at radius 2 is 1.90 bits per heavy atom. The van der Waals surface area contributed by atoms with Gasteiger partial charge in [0.05, 0.1) is 13.2 Å². The first-order chi connectivity index (χ1) is 13.9. The van der Waals surface area contributed by atoms with Crippen molar-refractivity contribution >= 4 is 22.4 Å². The molecule has 2 atom stereocenters. The second-order valence-electron chi connectivity index (χ2n) is 6.78. The predicted octanol–water partition coefficient (Wildman–Crippen LogP) is 3.68. The summed E-state index contributed by atoms with van der Waals surface area (Å²) in [6, 6.07) is 12.7. The van der Waals surface area contributed by atoms with Gasteiger partial charge in [-0.1, -0.05) is 12.1 Å². The van der Waals surface area contributed by atoms with Crippen molar-refractivity contribution in [1.82, 2.24) is 9.36 Å². The van der Waals surface area contributed by atoms with Gasteiger partial charge < -0.3 is 15.8 Å². The maximum absolute atomic E-state index is 13.0. The lowest BCUT2D eigenvalue weighted by Gasteiger charge is -2.21. The number of halogens is 1. The number of anilines is 1. The normalized spacial score (nSPS) is 13.0. The number of methoxy groups -OCH3 is 1. The Morgan fingerprint density at radius 1 is 1.21 bits per heavy atom. The van der Waals surface area contributed by atoms with Crippen molar-refractivity contribution in [3.8, 4) is 5.75 Å². The van der Waals surface area contributed by atoms with Gasteiger partial charge in [-0.2, -0.15) is 4.37 Å². The molecule has 0 aliphatic heterocycles. The van der Waals surface area contributed by atoms with E-state index >= 15 is 0 Å². The number of carbonyl (C=O) groups excluding carboxylic acids is 1. The average molecular weight is 415 g/mol. The molecule has 0 aliphatic carbocycles. The molecule has 3 rings (SSSR count). The smallest absolute Gasteiger partial charge is 0.202 e. The summed E-state index contributed by atoms with van der Waals surface area (Å²) in [4.78, 5) is 17.1. The number of ether oxygens (including phenoxy) is 1. The van der Waals surface area contributed by atoms with Crippen LogP contribution in [0.2, 0.25) is 0 Å². The van der Waals surface area contributed by atoms with E-state index in [1.165, 1.54) is 23.7 Å². The van der Waals surface area contributed by atoms with Crippen LogP contribution >= 0.6 is 11.5 Å². The minimum Gasteiger partial charge on any atom is -0.497 e. The van der Waals surface area contributed by atoms with Gasteiger partial charge in [-0.05, 0) is 48.9 Å². The van der Waals surface area contributed by atoms with E-state index in [1.54, 1.807) is 43.5 Å². The van der Waals surface area contributed by atoms with Gasteiger partial charge in [0.2, 0.25) is 5.13 Å². The van der Waals surface area contributed by atoms with Crippen LogP contribution in [0.25, 0.3) is 0 Å². The zero-order valence-corrected chi connectivity index (χ0v) is 17.1. The Bertz CT molecular complexity index is 942. The highest BCUT2D eigenvalue weighted by atomic mass is 32.1. The van der Waals surface area contributed by atoms with Gasteiger partial charge in [0.25, 0.3) is 0 Å². The van der Waals surface area contributed by atoms with E-state index in [0.29, 0.717) is 28.7 Å². The molecule has 0 radical (unpaired) electrons. The fraction of sp³-hybridized carbons (Fsp3) is 0.286. The van der Waals surface area contributed by atoms with Gasteiger partial charge in [-0.3, -0.25) is 4.79 Å². The highest BCUT2D eigenvalue weighted by Crippen LogP contribution is 2.19. The fourth-order valence-electron chi connectivity index (χ4n) is 2.79. The molecule has 0 saturated heterocycles. The molecule has 1 aromatic heterocycles. The van der Waals surface area contributed by atoms with E-state index in [2.05, 4.69) is 14.7 Å². The van der Waals surface area contributed by atoms with Gasteiger partial charge in [0, 0.05) is 36.0 Å². The standard InChI is InChI=1S/C21H23FN4O2S/c1-13(23)18(12-19(27)15-5-9-17(28-2)10-6-15)24-21-25-20(26-29-21)11-14-3-7-16(22)8-4-14/h3-10,13,18H,11-12,23H2,1-2H3,(H,24,25,26). The SMILES string of the molecule is COc1ccc(C(=O)CC(Nc2nc(Cc3ccc(F)cc3)ns2)C(C)N)cc1. The van der Waals surface area contributed by atoms with Crippen LogP contribution in [0.3, 0.4) is 0 Å². The number of aromatic nitrogens is 2. The summed E-state index contributed by atoms with van der Waals surface area (Å²) in [7, 11) is 1.58. The first-order valence-electron chi connectivity index (χ1n) is 9.21. The van der Waals surface area contributed by atoms with Crippen molar-refractivity contribution in [1.29, 1.82) is 0 Å². The van der Waals surface area contributed by atoms with Crippen LogP contribution in [0.15, 0.2) is 48.5 Å². The quantitative estimate of drug-likeness (QED) is 0.519. The summed E-state index contributed by atoms with van der Waals surface area (Å²) >= 11 is 1.22. The van der Waals surface area contributed by atoms with Crippen LogP contribution < -0.4 is 15.8 Å². The molecule has 3 aromatic rings. The first-order valence-corrected chi connectivity index (χ1v) is 9.98. The molecule has 8 heteroatoms. The summed E-state index contributed by atoms with van der Waals surface area (Å²) < 4.78 is 22.5. The number of ketones is 1. The Balaban J connectivity index is 1.63. The molecule has 0 aliphatic rings. The number of hydrogen-bond donors (Lipinski definition) is 2. The third-order valence-corrected chi connectivity index (χ3v) is 5.19. The van der Waals surface area contributed by atoms with Gasteiger partial charge in [0.15, 0.2) is 5.78 Å². The second kappa shape index (κ2) is 9.58. The highest BCUT2D eigenvalue weighted by molar-refractivity contribution is 7.09. The molecule has 0 fully saturated rings. The molecule has 2 unspecified atom stereocenters. The number of carbonyl (C=O) groups is 1.